The van der Waals surface area contributed by atoms with E-state index in [4.69, 9.17) is 0 Å². The van der Waals surface area contributed by atoms with Crippen LogP contribution in [0.4, 0.5) is 0 Å². The van der Waals surface area contributed by atoms with Crippen molar-refractivity contribution < 1.29 is 0 Å². The van der Waals surface area contributed by atoms with Gasteiger partial charge in [-0.2, -0.15) is 0 Å². The van der Waals surface area contributed by atoms with Crippen LogP contribution in [0.3, 0.4) is 0 Å². The van der Waals surface area contributed by atoms with Gasteiger partial charge in [0.05, 0.1) is 6.04 Å². The highest BCUT2D eigenvalue weighted by molar-refractivity contribution is 5.08. The van der Waals surface area contributed by atoms with Crippen LogP contribution in [0.2, 0.25) is 0 Å². The van der Waals surface area contributed by atoms with Gasteiger partial charge in [0, 0.05) is 19.0 Å². The molecule has 0 bridgehead atoms. The molecule has 2 heterocycles. The number of nitrogens with zero attached hydrogens (tertiary/aromatic N) is 3. The summed E-state index contributed by atoms with van der Waals surface area (Å²) in [7, 11) is 0. The Hall–Kier alpha value is -0.900. The Morgan fingerprint density at radius 2 is 2.12 bits per heavy atom. The molecule has 0 aliphatic carbocycles. The Balaban J connectivity index is 2.28. The van der Waals surface area contributed by atoms with E-state index >= 15 is 0 Å². The van der Waals surface area contributed by atoms with E-state index < -0.39 is 0 Å². The molecule has 0 aromatic carbocycles. The van der Waals surface area contributed by atoms with E-state index in [1.54, 1.807) is 0 Å². The van der Waals surface area contributed by atoms with Gasteiger partial charge in [0.1, 0.15) is 5.82 Å². The first kappa shape index (κ1) is 12.6. The van der Waals surface area contributed by atoms with Crippen molar-refractivity contribution in [3.05, 3.63) is 11.6 Å². The van der Waals surface area contributed by atoms with E-state index in [-0.39, 0.29) is 0 Å². The molecule has 2 unspecified atom stereocenters. The summed E-state index contributed by atoms with van der Waals surface area (Å²) >= 11 is 0. The molecule has 1 aliphatic rings. The highest BCUT2D eigenvalue weighted by Crippen LogP contribution is 2.27. The monoisotopic (exact) mass is 236 g/mol. The second-order valence-electron chi connectivity index (χ2n) is 5.43. The number of rotatable bonds is 4. The number of aromatic nitrogens is 3. The molecule has 1 aliphatic heterocycles. The predicted octanol–water partition coefficient (Wildman–Crippen LogP) is 2.48. The number of fused-ring (bicyclic) bond motifs is 1. The normalized spacial score (nSPS) is 21.6. The van der Waals surface area contributed by atoms with Gasteiger partial charge in [-0.3, -0.25) is 0 Å². The molecule has 0 spiro atoms. The molecule has 1 aromatic rings. The van der Waals surface area contributed by atoms with Crippen molar-refractivity contribution in [1.29, 1.82) is 0 Å². The predicted molar refractivity (Wildman–Crippen MR) is 68.9 cm³/mol. The maximum atomic E-state index is 4.42. The van der Waals surface area contributed by atoms with Gasteiger partial charge in [-0.25, -0.2) is 0 Å². The zero-order chi connectivity index (χ0) is 12.4. The zero-order valence-electron chi connectivity index (χ0n) is 11.4. The fourth-order valence-corrected chi connectivity index (χ4v) is 2.67. The highest BCUT2D eigenvalue weighted by atomic mass is 15.3. The van der Waals surface area contributed by atoms with Gasteiger partial charge in [-0.15, -0.1) is 10.2 Å². The minimum Gasteiger partial charge on any atom is -0.312 e. The molecule has 2 rings (SSSR count). The molecular weight excluding hydrogens is 212 g/mol. The molecule has 0 saturated carbocycles. The molecule has 96 valence electrons. The molecule has 1 aromatic heterocycles. The number of hydrogen-bond donors (Lipinski definition) is 1. The average Bonchev–Trinajstić information content (AvgIpc) is 2.72. The van der Waals surface area contributed by atoms with E-state index in [0.29, 0.717) is 17.9 Å². The third-order valence-corrected chi connectivity index (χ3v) is 3.61. The van der Waals surface area contributed by atoms with Gasteiger partial charge in [-0.05, 0) is 12.3 Å². The van der Waals surface area contributed by atoms with Crippen LogP contribution in [0, 0.1) is 5.92 Å². The fourth-order valence-electron chi connectivity index (χ4n) is 2.67. The second-order valence-corrected chi connectivity index (χ2v) is 5.43. The summed E-state index contributed by atoms with van der Waals surface area (Å²) in [5.74, 6) is 3.39. The molecule has 2 atom stereocenters. The number of nitrogens with one attached hydrogen (secondary N) is 1. The van der Waals surface area contributed by atoms with Crippen LogP contribution < -0.4 is 5.32 Å². The summed E-state index contributed by atoms with van der Waals surface area (Å²) in [6.07, 6.45) is 2.40. The summed E-state index contributed by atoms with van der Waals surface area (Å²) in [4.78, 5) is 0. The van der Waals surface area contributed by atoms with E-state index in [2.05, 4.69) is 47.8 Å². The molecule has 1 N–H and O–H groups in total. The maximum absolute atomic E-state index is 4.42. The van der Waals surface area contributed by atoms with Crippen LogP contribution in [0.25, 0.3) is 0 Å². The third-order valence-electron chi connectivity index (χ3n) is 3.61. The van der Waals surface area contributed by atoms with Gasteiger partial charge in [0.25, 0.3) is 0 Å². The quantitative estimate of drug-likeness (QED) is 0.873. The van der Waals surface area contributed by atoms with Crippen molar-refractivity contribution >= 4 is 0 Å². The standard InChI is InChI=1S/C13H24N4/c1-5-6-10(4)12-15-16-13-11(9(2)3)14-7-8-17(12)13/h9-11,14H,5-8H2,1-4H3. The lowest BCUT2D eigenvalue weighted by Crippen LogP contribution is -2.37. The van der Waals surface area contributed by atoms with Gasteiger partial charge in [0.2, 0.25) is 0 Å². The highest BCUT2D eigenvalue weighted by Gasteiger charge is 2.28. The Labute approximate surface area is 104 Å². The maximum Gasteiger partial charge on any atom is 0.150 e. The minimum absolute atomic E-state index is 0.360. The summed E-state index contributed by atoms with van der Waals surface area (Å²) in [5, 5.41) is 12.4. The van der Waals surface area contributed by atoms with Crippen LogP contribution in [0.1, 0.15) is 64.1 Å². The molecule has 0 amide bonds. The van der Waals surface area contributed by atoms with Crippen LogP contribution in [0.15, 0.2) is 0 Å². The van der Waals surface area contributed by atoms with Crippen molar-refractivity contribution in [2.45, 2.75) is 59.0 Å². The van der Waals surface area contributed by atoms with Crippen molar-refractivity contribution in [1.82, 2.24) is 20.1 Å². The van der Waals surface area contributed by atoms with Gasteiger partial charge in [0.15, 0.2) is 5.82 Å². The summed E-state index contributed by atoms with van der Waals surface area (Å²) in [6.45, 7) is 11.0. The molecular formula is C13H24N4. The van der Waals surface area contributed by atoms with E-state index in [9.17, 15) is 0 Å². The first-order valence-electron chi connectivity index (χ1n) is 6.81. The smallest absolute Gasteiger partial charge is 0.150 e. The third kappa shape index (κ3) is 2.37. The summed E-state index contributed by atoms with van der Waals surface area (Å²) in [5.41, 5.74) is 0. The van der Waals surface area contributed by atoms with Crippen LogP contribution in [-0.4, -0.2) is 21.3 Å². The Morgan fingerprint density at radius 1 is 1.35 bits per heavy atom. The van der Waals surface area contributed by atoms with Crippen LogP contribution >= 0.6 is 0 Å². The van der Waals surface area contributed by atoms with Crippen molar-refractivity contribution in [2.24, 2.45) is 5.92 Å². The molecule has 4 nitrogen and oxygen atoms in total. The first-order valence-corrected chi connectivity index (χ1v) is 6.81. The molecule has 0 saturated heterocycles. The largest absolute Gasteiger partial charge is 0.312 e. The van der Waals surface area contributed by atoms with E-state index in [0.717, 1.165) is 18.9 Å². The van der Waals surface area contributed by atoms with Gasteiger partial charge >= 0.3 is 0 Å². The lowest BCUT2D eigenvalue weighted by Gasteiger charge is -2.28. The summed E-state index contributed by atoms with van der Waals surface area (Å²) < 4.78 is 2.33. The van der Waals surface area contributed by atoms with Crippen molar-refractivity contribution in [3.8, 4) is 0 Å². The lowest BCUT2D eigenvalue weighted by molar-refractivity contribution is 0.332. The first-order chi connectivity index (χ1) is 8.15. The van der Waals surface area contributed by atoms with Crippen LogP contribution in [0.5, 0.6) is 0 Å². The Morgan fingerprint density at radius 3 is 2.76 bits per heavy atom. The molecule has 4 heteroatoms. The topological polar surface area (TPSA) is 42.7 Å². The van der Waals surface area contributed by atoms with Crippen molar-refractivity contribution in [2.75, 3.05) is 6.54 Å². The van der Waals surface area contributed by atoms with Crippen LogP contribution in [-0.2, 0) is 6.54 Å². The van der Waals surface area contributed by atoms with Gasteiger partial charge in [-0.1, -0.05) is 34.1 Å². The molecule has 17 heavy (non-hydrogen) atoms. The molecule has 0 fully saturated rings. The number of hydrogen-bond acceptors (Lipinski definition) is 3. The lowest BCUT2D eigenvalue weighted by atomic mass is 10.0. The zero-order valence-corrected chi connectivity index (χ0v) is 11.4. The van der Waals surface area contributed by atoms with E-state index in [1.165, 1.54) is 18.7 Å². The summed E-state index contributed by atoms with van der Waals surface area (Å²) in [6, 6.07) is 0.360. The Bertz CT molecular complexity index is 369. The minimum atomic E-state index is 0.360. The van der Waals surface area contributed by atoms with Crippen molar-refractivity contribution in [3.63, 3.8) is 0 Å². The second kappa shape index (κ2) is 5.17. The SMILES string of the molecule is CCCC(C)c1nnc2n1CCNC2C(C)C. The Kier molecular flexibility index (Phi) is 3.82. The molecule has 0 radical (unpaired) electrons. The van der Waals surface area contributed by atoms with Gasteiger partial charge < -0.3 is 9.88 Å². The average molecular weight is 236 g/mol. The fraction of sp³-hybridized carbons (Fsp3) is 0.846. The van der Waals surface area contributed by atoms with E-state index in [1.807, 2.05) is 0 Å².